The number of aromatic nitrogens is 3. The fourth-order valence-electron chi connectivity index (χ4n) is 3.66. The highest BCUT2D eigenvalue weighted by molar-refractivity contribution is 7.17. The van der Waals surface area contributed by atoms with Gasteiger partial charge in [0.05, 0.1) is 0 Å². The average Bonchev–Trinajstić information content (AvgIpc) is 3.13. The van der Waals surface area contributed by atoms with Crippen LogP contribution in [0.15, 0.2) is 30.6 Å². The third kappa shape index (κ3) is 3.01. The van der Waals surface area contributed by atoms with Crippen LogP contribution in [0.1, 0.15) is 30.3 Å². The van der Waals surface area contributed by atoms with E-state index in [2.05, 4.69) is 23.9 Å². The van der Waals surface area contributed by atoms with Crippen molar-refractivity contribution in [2.45, 2.75) is 32.1 Å². The first-order valence-corrected chi connectivity index (χ1v) is 9.11. The third-order valence-electron chi connectivity index (χ3n) is 4.58. The van der Waals surface area contributed by atoms with Gasteiger partial charge in [0.15, 0.2) is 6.04 Å². The molecular formula is C17H20FN4O2S+. The van der Waals surface area contributed by atoms with Crippen LogP contribution in [0.4, 0.5) is 4.39 Å². The fraction of sp³-hybridized carbons (Fsp3) is 0.412. The van der Waals surface area contributed by atoms with Crippen molar-refractivity contribution in [2.75, 3.05) is 13.1 Å². The molecule has 1 aromatic carbocycles. The molecule has 0 bridgehead atoms. The Kier molecular flexibility index (Phi) is 4.18. The molecular weight excluding hydrogens is 343 g/mol. The van der Waals surface area contributed by atoms with Crippen molar-refractivity contribution in [1.29, 1.82) is 0 Å². The summed E-state index contributed by atoms with van der Waals surface area (Å²) in [6, 6.07) is 6.37. The Bertz CT molecular complexity index is 869. The van der Waals surface area contributed by atoms with Crippen molar-refractivity contribution in [3.63, 3.8) is 0 Å². The minimum Gasteiger partial charge on any atom is -0.492 e. The molecule has 0 saturated carbocycles. The molecule has 0 spiro atoms. The van der Waals surface area contributed by atoms with Gasteiger partial charge in [-0.1, -0.05) is 11.3 Å². The van der Waals surface area contributed by atoms with Gasteiger partial charge in [-0.25, -0.2) is 9.37 Å². The highest BCUT2D eigenvalue weighted by Crippen LogP contribution is 2.34. The van der Waals surface area contributed by atoms with Gasteiger partial charge in [-0.05, 0) is 38.1 Å². The summed E-state index contributed by atoms with van der Waals surface area (Å²) in [4.78, 5) is 6.89. The van der Waals surface area contributed by atoms with Gasteiger partial charge in [0, 0.05) is 5.56 Å². The van der Waals surface area contributed by atoms with E-state index in [0.717, 1.165) is 23.5 Å². The molecule has 0 amide bonds. The van der Waals surface area contributed by atoms with Crippen molar-refractivity contribution in [3.8, 4) is 5.88 Å². The maximum absolute atomic E-state index is 13.4. The molecule has 4 rings (SSSR count). The normalized spacial score (nSPS) is 25.3. The molecule has 1 aliphatic rings. The minimum absolute atomic E-state index is 0.103. The first kappa shape index (κ1) is 16.4. The summed E-state index contributed by atoms with van der Waals surface area (Å²) < 4.78 is 20.7. The third-order valence-corrected chi connectivity index (χ3v) is 5.68. The summed E-state index contributed by atoms with van der Waals surface area (Å²) in [7, 11) is 0. The summed E-state index contributed by atoms with van der Waals surface area (Å²) >= 11 is 1.42. The second-order valence-electron chi connectivity index (χ2n) is 6.55. The molecule has 132 valence electrons. The standard InChI is InChI=1S/C17H19FN4O2S/c1-10-7-21(8-11(2)24-10)14(12-3-5-13(18)6-4-12)15-16(23)22-17(25-15)19-9-20-22/h3-6,9-11,14,23H,7-8H2,1-2H3/p+1/t10-,11-,14-/m0/s1. The Morgan fingerprint density at radius 2 is 1.96 bits per heavy atom. The van der Waals surface area contributed by atoms with Gasteiger partial charge in [0.2, 0.25) is 10.8 Å². The van der Waals surface area contributed by atoms with Gasteiger partial charge in [-0.15, -0.1) is 0 Å². The van der Waals surface area contributed by atoms with E-state index >= 15 is 0 Å². The number of morpholine rings is 1. The number of rotatable bonds is 3. The zero-order valence-corrected chi connectivity index (χ0v) is 14.8. The molecule has 8 heteroatoms. The van der Waals surface area contributed by atoms with Crippen LogP contribution in [0.5, 0.6) is 5.88 Å². The Labute approximate surface area is 148 Å². The number of thiazole rings is 1. The van der Waals surface area contributed by atoms with Crippen LogP contribution in [0.3, 0.4) is 0 Å². The molecule has 6 nitrogen and oxygen atoms in total. The van der Waals surface area contributed by atoms with Crippen molar-refractivity contribution in [3.05, 3.63) is 46.9 Å². The number of ether oxygens (including phenoxy) is 1. The van der Waals surface area contributed by atoms with Crippen molar-refractivity contribution < 1.29 is 19.1 Å². The smallest absolute Gasteiger partial charge is 0.235 e. The van der Waals surface area contributed by atoms with E-state index < -0.39 is 0 Å². The zero-order valence-electron chi connectivity index (χ0n) is 14.0. The van der Waals surface area contributed by atoms with Crippen molar-refractivity contribution >= 4 is 16.3 Å². The average molecular weight is 363 g/mol. The maximum atomic E-state index is 13.4. The summed E-state index contributed by atoms with van der Waals surface area (Å²) in [5.74, 6) is -0.167. The van der Waals surface area contributed by atoms with Gasteiger partial charge in [-0.3, -0.25) is 0 Å². The lowest BCUT2D eigenvalue weighted by Gasteiger charge is -2.37. The monoisotopic (exact) mass is 363 g/mol. The Morgan fingerprint density at radius 1 is 1.28 bits per heavy atom. The topological polar surface area (TPSA) is 64.1 Å². The molecule has 1 aliphatic heterocycles. The number of hydrogen-bond donors (Lipinski definition) is 2. The molecule has 0 radical (unpaired) electrons. The second-order valence-corrected chi connectivity index (χ2v) is 7.56. The summed E-state index contributed by atoms with van der Waals surface area (Å²) in [5, 5.41) is 14.8. The van der Waals surface area contributed by atoms with Crippen molar-refractivity contribution in [1.82, 2.24) is 14.6 Å². The predicted octanol–water partition coefficient (Wildman–Crippen LogP) is 1.42. The number of halogens is 1. The summed E-state index contributed by atoms with van der Waals surface area (Å²) in [5.41, 5.74) is 0.956. The summed E-state index contributed by atoms with van der Waals surface area (Å²) in [6.07, 6.45) is 1.66. The van der Waals surface area contributed by atoms with Gasteiger partial charge in [0.1, 0.15) is 42.3 Å². The number of hydrogen-bond acceptors (Lipinski definition) is 5. The van der Waals surface area contributed by atoms with E-state index in [-0.39, 0.29) is 29.9 Å². The van der Waals surface area contributed by atoms with E-state index in [4.69, 9.17) is 4.74 Å². The van der Waals surface area contributed by atoms with Gasteiger partial charge in [-0.2, -0.15) is 9.61 Å². The van der Waals surface area contributed by atoms with E-state index in [1.165, 1.54) is 39.2 Å². The maximum Gasteiger partial charge on any atom is 0.235 e. The second kappa shape index (κ2) is 6.36. The van der Waals surface area contributed by atoms with Crippen LogP contribution >= 0.6 is 11.3 Å². The lowest BCUT2D eigenvalue weighted by Crippen LogP contribution is -3.15. The van der Waals surface area contributed by atoms with E-state index in [9.17, 15) is 9.50 Å². The molecule has 0 aliphatic carbocycles. The van der Waals surface area contributed by atoms with Crippen LogP contribution < -0.4 is 4.90 Å². The highest BCUT2D eigenvalue weighted by atomic mass is 32.1. The van der Waals surface area contributed by atoms with Crippen LogP contribution in [-0.4, -0.2) is 45.0 Å². The zero-order chi connectivity index (χ0) is 17.6. The molecule has 2 aromatic heterocycles. The fourth-order valence-corrected chi connectivity index (χ4v) is 4.78. The van der Waals surface area contributed by atoms with Gasteiger partial charge in [0.25, 0.3) is 0 Å². The Hall–Kier alpha value is -2.03. The molecule has 25 heavy (non-hydrogen) atoms. The lowest BCUT2D eigenvalue weighted by molar-refractivity contribution is -0.939. The number of benzene rings is 1. The molecule has 1 fully saturated rings. The molecule has 3 heterocycles. The van der Waals surface area contributed by atoms with Crippen LogP contribution in [0, 0.1) is 5.82 Å². The molecule has 3 aromatic rings. The number of quaternary nitrogens is 1. The quantitative estimate of drug-likeness (QED) is 0.739. The van der Waals surface area contributed by atoms with Crippen LogP contribution in [0.2, 0.25) is 0 Å². The molecule has 0 unspecified atom stereocenters. The number of nitrogens with zero attached hydrogens (tertiary/aromatic N) is 3. The van der Waals surface area contributed by atoms with E-state index in [1.54, 1.807) is 12.1 Å². The predicted molar refractivity (Wildman–Crippen MR) is 91.5 cm³/mol. The molecule has 1 saturated heterocycles. The van der Waals surface area contributed by atoms with Crippen LogP contribution in [-0.2, 0) is 4.74 Å². The first-order chi connectivity index (χ1) is 12.0. The minimum atomic E-state index is -0.270. The Morgan fingerprint density at radius 3 is 2.60 bits per heavy atom. The number of nitrogens with one attached hydrogen (secondary N) is 1. The highest BCUT2D eigenvalue weighted by Gasteiger charge is 2.37. The number of fused-ring (bicyclic) bond motifs is 1. The lowest BCUT2D eigenvalue weighted by atomic mass is 10.0. The van der Waals surface area contributed by atoms with Crippen LogP contribution in [0.25, 0.3) is 4.96 Å². The van der Waals surface area contributed by atoms with Gasteiger partial charge < -0.3 is 14.7 Å². The summed E-state index contributed by atoms with van der Waals surface area (Å²) in [6.45, 7) is 5.72. The van der Waals surface area contributed by atoms with E-state index in [1.807, 2.05) is 0 Å². The number of aromatic hydroxyl groups is 1. The SMILES string of the molecule is C[C@H]1C[NH+]([C@@H](c2ccc(F)cc2)c2sc3ncnn3c2O)C[C@H](C)O1. The molecule has 2 N–H and O–H groups in total. The largest absolute Gasteiger partial charge is 0.492 e. The Balaban J connectivity index is 1.81. The van der Waals surface area contributed by atoms with Crippen molar-refractivity contribution in [2.24, 2.45) is 0 Å². The van der Waals surface area contributed by atoms with E-state index in [0.29, 0.717) is 4.96 Å². The molecule has 3 atom stereocenters. The van der Waals surface area contributed by atoms with Gasteiger partial charge >= 0.3 is 0 Å². The first-order valence-electron chi connectivity index (χ1n) is 8.30.